The van der Waals surface area contributed by atoms with E-state index < -0.39 is 0 Å². The van der Waals surface area contributed by atoms with Crippen LogP contribution < -0.4 is 0 Å². The Bertz CT molecular complexity index is 99.7. The fourth-order valence-corrected chi connectivity index (χ4v) is 0.787. The molecule has 2 heteroatoms. The van der Waals surface area contributed by atoms with Gasteiger partial charge in [0.05, 0.1) is 6.61 Å². The molecule has 0 N–H and O–H groups in total. The molecular formula is C9H17O2. The van der Waals surface area contributed by atoms with Gasteiger partial charge in [-0.2, -0.15) is 0 Å². The molecule has 0 aromatic rings. The van der Waals surface area contributed by atoms with Crippen molar-refractivity contribution in [3.63, 3.8) is 0 Å². The van der Waals surface area contributed by atoms with Gasteiger partial charge in [0.25, 0.3) is 0 Å². The summed E-state index contributed by atoms with van der Waals surface area (Å²) < 4.78 is 4.84. The molecule has 0 aromatic carbocycles. The number of esters is 1. The average molecular weight is 157 g/mol. The van der Waals surface area contributed by atoms with Gasteiger partial charge in [0.2, 0.25) is 0 Å². The largest absolute Gasteiger partial charge is 0.466 e. The Morgan fingerprint density at radius 2 is 2.09 bits per heavy atom. The topological polar surface area (TPSA) is 26.3 Å². The fraction of sp³-hybridized carbons (Fsp3) is 0.778. The van der Waals surface area contributed by atoms with E-state index in [0.717, 1.165) is 12.8 Å². The molecule has 0 bridgehead atoms. The van der Waals surface area contributed by atoms with Gasteiger partial charge in [-0.05, 0) is 13.3 Å². The number of hydrogen-bond acceptors (Lipinski definition) is 2. The Morgan fingerprint density at radius 3 is 2.64 bits per heavy atom. The molecule has 0 saturated carbocycles. The Kier molecular flexibility index (Phi) is 7.21. The zero-order valence-corrected chi connectivity index (χ0v) is 7.27. The van der Waals surface area contributed by atoms with E-state index in [-0.39, 0.29) is 12.4 Å². The monoisotopic (exact) mass is 157 g/mol. The van der Waals surface area contributed by atoms with Gasteiger partial charge in [0.15, 0.2) is 0 Å². The third kappa shape index (κ3) is 7.37. The second-order valence-corrected chi connectivity index (χ2v) is 2.53. The van der Waals surface area contributed by atoms with E-state index in [9.17, 15) is 4.79 Å². The number of rotatable bonds is 6. The van der Waals surface area contributed by atoms with Gasteiger partial charge in [0.1, 0.15) is 0 Å². The first-order valence-electron chi connectivity index (χ1n) is 4.26. The molecule has 0 unspecified atom stereocenters. The minimum absolute atomic E-state index is 0.193. The first-order chi connectivity index (χ1) is 5.31. The molecule has 0 amide bonds. The molecule has 2 nitrogen and oxygen atoms in total. The molecule has 0 aromatic heterocycles. The lowest BCUT2D eigenvalue weighted by Gasteiger charge is -2.01. The molecule has 11 heavy (non-hydrogen) atoms. The molecule has 0 atom stereocenters. The van der Waals surface area contributed by atoms with E-state index in [2.05, 4.69) is 13.8 Å². The minimum atomic E-state index is -0.193. The highest BCUT2D eigenvalue weighted by Crippen LogP contribution is 1.99. The summed E-state index contributed by atoms with van der Waals surface area (Å²) >= 11 is 0. The Morgan fingerprint density at radius 1 is 1.36 bits per heavy atom. The van der Waals surface area contributed by atoms with Crippen molar-refractivity contribution >= 4 is 5.97 Å². The van der Waals surface area contributed by atoms with Crippen LogP contribution in [0.2, 0.25) is 0 Å². The maximum Gasteiger partial charge on any atom is 0.305 e. The van der Waals surface area contributed by atoms with Gasteiger partial charge in [-0.3, -0.25) is 4.79 Å². The van der Waals surface area contributed by atoms with Gasteiger partial charge in [-0.1, -0.05) is 26.2 Å². The van der Waals surface area contributed by atoms with Crippen LogP contribution in [0.5, 0.6) is 0 Å². The first kappa shape index (κ1) is 10.5. The van der Waals surface area contributed by atoms with E-state index in [4.69, 9.17) is 4.74 Å². The van der Waals surface area contributed by atoms with Crippen LogP contribution in [0.25, 0.3) is 0 Å². The van der Waals surface area contributed by atoms with E-state index in [1.165, 1.54) is 12.8 Å². The quantitative estimate of drug-likeness (QED) is 0.437. The van der Waals surface area contributed by atoms with Crippen molar-refractivity contribution < 1.29 is 9.53 Å². The van der Waals surface area contributed by atoms with Crippen molar-refractivity contribution in [2.45, 2.75) is 39.0 Å². The number of ether oxygens (including phenoxy) is 1. The van der Waals surface area contributed by atoms with Crippen LogP contribution in [0, 0.1) is 6.92 Å². The molecule has 1 radical (unpaired) electrons. The van der Waals surface area contributed by atoms with E-state index in [1.807, 2.05) is 0 Å². The Labute approximate surface area is 68.9 Å². The lowest BCUT2D eigenvalue weighted by molar-refractivity contribution is -0.142. The number of unbranched alkanes of at least 4 members (excludes halogenated alkanes) is 3. The van der Waals surface area contributed by atoms with Gasteiger partial charge >= 0.3 is 5.97 Å². The Hall–Kier alpha value is -0.530. The minimum Gasteiger partial charge on any atom is -0.466 e. The highest BCUT2D eigenvalue weighted by atomic mass is 16.5. The van der Waals surface area contributed by atoms with Crippen LogP contribution in [0.4, 0.5) is 0 Å². The van der Waals surface area contributed by atoms with Gasteiger partial charge in [0, 0.05) is 6.42 Å². The maximum absolute atomic E-state index is 10.6. The molecule has 0 spiro atoms. The summed E-state index contributed by atoms with van der Waals surface area (Å²) in [6, 6.07) is 0. The average Bonchev–Trinajstić information content (AvgIpc) is 2.04. The molecular weight excluding hydrogens is 140 g/mol. The molecule has 65 valence electrons. The zero-order chi connectivity index (χ0) is 8.53. The van der Waals surface area contributed by atoms with E-state index in [1.54, 1.807) is 0 Å². The van der Waals surface area contributed by atoms with Gasteiger partial charge in [-0.25, -0.2) is 0 Å². The molecule has 0 rings (SSSR count). The number of hydrogen-bond donors (Lipinski definition) is 0. The summed E-state index contributed by atoms with van der Waals surface area (Å²) in [4.78, 5) is 10.6. The molecule has 0 aliphatic rings. The van der Waals surface area contributed by atoms with Crippen LogP contribution in [-0.4, -0.2) is 12.6 Å². The summed E-state index contributed by atoms with van der Waals surface area (Å²) in [7, 11) is 0. The smallest absolute Gasteiger partial charge is 0.305 e. The van der Waals surface area contributed by atoms with E-state index >= 15 is 0 Å². The summed E-state index contributed by atoms with van der Waals surface area (Å²) in [5.74, 6) is -0.193. The summed E-state index contributed by atoms with van der Waals surface area (Å²) in [6.45, 7) is 6.14. The highest BCUT2D eigenvalue weighted by molar-refractivity contribution is 5.69. The normalized spacial score (nSPS) is 9.64. The van der Waals surface area contributed by atoms with Crippen LogP contribution >= 0.6 is 0 Å². The van der Waals surface area contributed by atoms with Crippen molar-refractivity contribution in [1.29, 1.82) is 0 Å². The highest BCUT2D eigenvalue weighted by Gasteiger charge is 1.96. The zero-order valence-electron chi connectivity index (χ0n) is 7.27. The van der Waals surface area contributed by atoms with Crippen LogP contribution in [-0.2, 0) is 9.53 Å². The second-order valence-electron chi connectivity index (χ2n) is 2.53. The maximum atomic E-state index is 10.6. The second kappa shape index (κ2) is 7.58. The van der Waals surface area contributed by atoms with Gasteiger partial charge < -0.3 is 4.74 Å². The number of carbonyl (C=O) groups excluding carboxylic acids is 1. The third-order valence-electron chi connectivity index (χ3n) is 1.47. The SMILES string of the molecule is [CH2]CC(=O)OCCCCCC. The third-order valence-corrected chi connectivity index (χ3v) is 1.47. The molecule has 0 aliphatic carbocycles. The van der Waals surface area contributed by atoms with Gasteiger partial charge in [-0.15, -0.1) is 0 Å². The van der Waals surface area contributed by atoms with Crippen molar-refractivity contribution in [3.05, 3.63) is 6.92 Å². The van der Waals surface area contributed by atoms with E-state index in [0.29, 0.717) is 6.61 Å². The Balaban J connectivity index is 2.95. The summed E-state index contributed by atoms with van der Waals surface area (Å²) in [5, 5.41) is 0. The van der Waals surface area contributed by atoms with Crippen molar-refractivity contribution in [2.75, 3.05) is 6.61 Å². The fourth-order valence-electron chi connectivity index (χ4n) is 0.787. The van der Waals surface area contributed by atoms with Crippen LogP contribution in [0.1, 0.15) is 39.0 Å². The molecule has 0 aliphatic heterocycles. The lowest BCUT2D eigenvalue weighted by atomic mass is 10.2. The summed E-state index contributed by atoms with van der Waals surface area (Å²) in [6.07, 6.45) is 4.82. The lowest BCUT2D eigenvalue weighted by Crippen LogP contribution is -2.03. The van der Waals surface area contributed by atoms with Crippen molar-refractivity contribution in [1.82, 2.24) is 0 Å². The standard InChI is InChI=1S/C9H17O2/c1-3-5-6-7-8-11-9(10)4-2/h2-8H2,1H3. The van der Waals surface area contributed by atoms with Crippen molar-refractivity contribution in [2.24, 2.45) is 0 Å². The molecule has 0 saturated heterocycles. The number of carbonyl (C=O) groups is 1. The molecule has 0 fully saturated rings. The van der Waals surface area contributed by atoms with Crippen LogP contribution in [0.15, 0.2) is 0 Å². The predicted octanol–water partition coefficient (Wildman–Crippen LogP) is 2.33. The first-order valence-corrected chi connectivity index (χ1v) is 4.26. The molecule has 0 heterocycles. The van der Waals surface area contributed by atoms with Crippen molar-refractivity contribution in [3.8, 4) is 0 Å². The predicted molar refractivity (Wildman–Crippen MR) is 45.1 cm³/mol. The summed E-state index contributed by atoms with van der Waals surface area (Å²) in [5.41, 5.74) is 0. The van der Waals surface area contributed by atoms with Crippen LogP contribution in [0.3, 0.4) is 0 Å².